The molecule has 0 aromatic heterocycles. The number of allylic oxidation sites excluding steroid dienone is 4. The van der Waals surface area contributed by atoms with Crippen molar-refractivity contribution in [3.63, 3.8) is 0 Å². The van der Waals surface area contributed by atoms with Crippen LogP contribution < -0.4 is 24.8 Å². The summed E-state index contributed by atoms with van der Waals surface area (Å²) in [7, 11) is 0. The van der Waals surface area contributed by atoms with Crippen molar-refractivity contribution in [1.82, 2.24) is 0 Å². The van der Waals surface area contributed by atoms with Crippen LogP contribution in [0, 0.1) is 6.92 Å². The van der Waals surface area contributed by atoms with Crippen LogP contribution >= 0.6 is 0 Å². The summed E-state index contributed by atoms with van der Waals surface area (Å²) >= 11 is 0. The van der Waals surface area contributed by atoms with Crippen molar-refractivity contribution in [1.29, 1.82) is 0 Å². The van der Waals surface area contributed by atoms with E-state index in [1.807, 2.05) is 24.3 Å². The van der Waals surface area contributed by atoms with E-state index in [1.165, 1.54) is 16.7 Å². The van der Waals surface area contributed by atoms with Crippen molar-refractivity contribution >= 4 is 11.3 Å². The zero-order valence-corrected chi connectivity index (χ0v) is 16.1. The van der Waals surface area contributed by atoms with Crippen LogP contribution in [0.1, 0.15) is 24.5 Å². The molecule has 0 atom stereocenters. The van der Waals surface area contributed by atoms with Gasteiger partial charge in [-0.15, -0.1) is 23.4 Å². The molecule has 4 heteroatoms. The summed E-state index contributed by atoms with van der Waals surface area (Å²) in [6.45, 7) is 6.16. The van der Waals surface area contributed by atoms with Crippen molar-refractivity contribution in [2.45, 2.75) is 13.3 Å². The largest absolute Gasteiger partial charge is 2.00 e. The molecule has 0 aliphatic heterocycles. The van der Waals surface area contributed by atoms with Crippen molar-refractivity contribution in [2.24, 2.45) is 0 Å². The summed E-state index contributed by atoms with van der Waals surface area (Å²) in [5.41, 5.74) is 12.7. The van der Waals surface area contributed by atoms with E-state index >= 15 is 0 Å². The summed E-state index contributed by atoms with van der Waals surface area (Å²) in [6.07, 6.45) is 5.55. The quantitative estimate of drug-likeness (QED) is 0.491. The first-order chi connectivity index (χ1) is 9.66. The van der Waals surface area contributed by atoms with Gasteiger partial charge in [-0.05, 0) is 13.3 Å². The van der Waals surface area contributed by atoms with Crippen LogP contribution in [0.5, 0.6) is 0 Å². The van der Waals surface area contributed by atoms with E-state index in [0.29, 0.717) is 5.69 Å². The molecule has 120 valence electrons. The van der Waals surface area contributed by atoms with Crippen LogP contribution in [0.3, 0.4) is 0 Å². The van der Waals surface area contributed by atoms with Crippen LogP contribution in [0.2, 0.25) is 0 Å². The SMILES string of the molecule is [CH2-]c1ccccc1C1=CC(C)=CC1.[Cl-].[Cl-].[NH-]c1ccccc1.[Ti+2]. The van der Waals surface area contributed by atoms with E-state index in [-0.39, 0.29) is 46.5 Å². The van der Waals surface area contributed by atoms with E-state index in [4.69, 9.17) is 5.73 Å². The number of benzene rings is 2. The fourth-order valence-corrected chi connectivity index (χ4v) is 2.12. The van der Waals surface area contributed by atoms with Gasteiger partial charge in [0.1, 0.15) is 0 Å². The summed E-state index contributed by atoms with van der Waals surface area (Å²) in [5.74, 6) is 0. The summed E-state index contributed by atoms with van der Waals surface area (Å²) < 4.78 is 0. The third-order valence-corrected chi connectivity index (χ3v) is 3.18. The van der Waals surface area contributed by atoms with Gasteiger partial charge in [-0.1, -0.05) is 59.7 Å². The first-order valence-electron chi connectivity index (χ1n) is 6.72. The molecule has 0 saturated heterocycles. The Kier molecular flexibility index (Phi) is 12.9. The molecule has 0 heterocycles. The molecule has 2 aromatic carbocycles. The Morgan fingerprint density at radius 1 is 0.913 bits per heavy atom. The minimum atomic E-state index is 0. The molecule has 2 aromatic rings. The first kappa shape index (κ1) is 24.1. The minimum absolute atomic E-state index is 0. The molecule has 3 rings (SSSR count). The van der Waals surface area contributed by atoms with Crippen LogP contribution in [0.4, 0.5) is 5.69 Å². The van der Waals surface area contributed by atoms with E-state index in [2.05, 4.69) is 44.2 Å². The maximum absolute atomic E-state index is 7.00. The first-order valence-corrected chi connectivity index (χ1v) is 6.72. The van der Waals surface area contributed by atoms with Crippen molar-refractivity contribution in [3.05, 3.63) is 96.1 Å². The Balaban J connectivity index is 0. The van der Waals surface area contributed by atoms with Crippen LogP contribution in [0.25, 0.3) is 11.3 Å². The monoisotopic (exact) mass is 379 g/mol. The third kappa shape index (κ3) is 7.81. The summed E-state index contributed by atoms with van der Waals surface area (Å²) in [5, 5.41) is 0. The molecule has 23 heavy (non-hydrogen) atoms. The number of rotatable bonds is 1. The van der Waals surface area contributed by atoms with Gasteiger partial charge in [-0.3, -0.25) is 0 Å². The molecule has 1 aliphatic rings. The molecule has 0 unspecified atom stereocenters. The van der Waals surface area contributed by atoms with Gasteiger partial charge in [0.2, 0.25) is 0 Å². The Morgan fingerprint density at radius 2 is 1.48 bits per heavy atom. The topological polar surface area (TPSA) is 23.8 Å². The number of halogens is 2. The van der Waals surface area contributed by atoms with Crippen LogP contribution in [-0.2, 0) is 21.7 Å². The Labute approximate surface area is 166 Å². The summed E-state index contributed by atoms with van der Waals surface area (Å²) in [6, 6.07) is 17.4. The van der Waals surface area contributed by atoms with Gasteiger partial charge in [0.25, 0.3) is 0 Å². The standard InChI is InChI=1S/C13H13.C6H6N.2ClH.Ti/c1-10-7-8-12(9-10)13-6-4-3-5-11(13)2;7-6-4-2-1-3-5-6;;;/h3-7,9H,2,8H2,1H3;1-5,7H;2*1H;/q2*-1;;;+2/p-2. The predicted octanol–water partition coefficient (Wildman–Crippen LogP) is -0.0220. The second kappa shape index (κ2) is 12.3. The minimum Gasteiger partial charge on any atom is -1.00 e. The Morgan fingerprint density at radius 3 is 1.91 bits per heavy atom. The van der Waals surface area contributed by atoms with Gasteiger partial charge in [0.15, 0.2) is 0 Å². The van der Waals surface area contributed by atoms with E-state index in [9.17, 15) is 0 Å². The van der Waals surface area contributed by atoms with E-state index in [0.717, 1.165) is 12.0 Å². The molecule has 1 nitrogen and oxygen atoms in total. The molecular weight excluding hydrogens is 361 g/mol. The summed E-state index contributed by atoms with van der Waals surface area (Å²) in [4.78, 5) is 0. The van der Waals surface area contributed by atoms with Gasteiger partial charge in [0.05, 0.1) is 0 Å². The van der Waals surface area contributed by atoms with Crippen molar-refractivity contribution < 1.29 is 46.5 Å². The van der Waals surface area contributed by atoms with Gasteiger partial charge in [-0.25, -0.2) is 0 Å². The number of hydrogen-bond acceptors (Lipinski definition) is 0. The van der Waals surface area contributed by atoms with Crippen molar-refractivity contribution in [2.75, 3.05) is 0 Å². The van der Waals surface area contributed by atoms with E-state index in [1.54, 1.807) is 12.1 Å². The average molecular weight is 380 g/mol. The number of nitrogens with one attached hydrogen (secondary N) is 1. The van der Waals surface area contributed by atoms with Gasteiger partial charge < -0.3 is 30.5 Å². The molecule has 0 saturated carbocycles. The van der Waals surface area contributed by atoms with Crippen LogP contribution in [0.15, 0.2) is 72.3 Å². The predicted molar refractivity (Wildman–Crippen MR) is 87.7 cm³/mol. The second-order valence-electron chi connectivity index (χ2n) is 4.85. The maximum atomic E-state index is 7.00. The second-order valence-corrected chi connectivity index (χ2v) is 4.85. The van der Waals surface area contributed by atoms with Gasteiger partial charge in [-0.2, -0.15) is 18.6 Å². The molecule has 0 bridgehead atoms. The smallest absolute Gasteiger partial charge is 1.00 e. The zero-order valence-electron chi connectivity index (χ0n) is 13.0. The molecule has 0 fully saturated rings. The van der Waals surface area contributed by atoms with Crippen LogP contribution in [-0.4, -0.2) is 0 Å². The van der Waals surface area contributed by atoms with Crippen molar-refractivity contribution in [3.8, 4) is 0 Å². The third-order valence-electron chi connectivity index (χ3n) is 3.18. The van der Waals surface area contributed by atoms with Gasteiger partial charge in [0, 0.05) is 0 Å². The van der Waals surface area contributed by atoms with Gasteiger partial charge >= 0.3 is 21.7 Å². The molecule has 0 radical (unpaired) electrons. The number of hydrogen-bond donors (Lipinski definition) is 0. The molecular formula is C19H19Cl2NTi-2. The van der Waals surface area contributed by atoms with E-state index < -0.39 is 0 Å². The molecule has 0 amide bonds. The Hall–Kier alpha value is -1.12. The fourth-order valence-electron chi connectivity index (χ4n) is 2.12. The normalized spacial score (nSPS) is 11.3. The average Bonchev–Trinajstić information content (AvgIpc) is 2.87. The zero-order chi connectivity index (χ0) is 14.4. The molecule has 1 aliphatic carbocycles. The fraction of sp³-hybridized carbons (Fsp3) is 0.105. The molecule has 1 N–H and O–H groups in total. The Bertz CT molecular complexity index is 637. The maximum Gasteiger partial charge on any atom is 2.00 e. The molecule has 0 spiro atoms.